The highest BCUT2D eigenvalue weighted by molar-refractivity contribution is 5.92. The Morgan fingerprint density at radius 3 is 2.54 bits per heavy atom. The van der Waals surface area contributed by atoms with Crippen LogP contribution in [0, 0.1) is 11.8 Å². The quantitative estimate of drug-likeness (QED) is 0.650. The molecule has 144 valence electrons. The molecule has 4 nitrogen and oxygen atoms in total. The monoisotopic (exact) mass is 374 g/mol. The lowest BCUT2D eigenvalue weighted by molar-refractivity contribution is 0.0616. The SMILES string of the molecule is CC1CC(C)CN(C(=O)c2cccc(COc3cccc4ccccc34)n2)C1. The summed E-state index contributed by atoms with van der Waals surface area (Å²) in [5, 5.41) is 2.22. The Labute approximate surface area is 166 Å². The fraction of sp³-hybridized carbons (Fsp3) is 0.333. The van der Waals surface area contributed by atoms with E-state index < -0.39 is 0 Å². The van der Waals surface area contributed by atoms with Gasteiger partial charge in [-0.05, 0) is 41.8 Å². The molecule has 28 heavy (non-hydrogen) atoms. The van der Waals surface area contributed by atoms with Gasteiger partial charge in [-0.2, -0.15) is 0 Å². The van der Waals surface area contributed by atoms with Crippen molar-refractivity contribution in [2.75, 3.05) is 13.1 Å². The molecule has 4 heteroatoms. The van der Waals surface area contributed by atoms with Crippen LogP contribution in [0.3, 0.4) is 0 Å². The lowest BCUT2D eigenvalue weighted by Crippen LogP contribution is -2.42. The summed E-state index contributed by atoms with van der Waals surface area (Å²) in [6, 6.07) is 19.8. The van der Waals surface area contributed by atoms with Crippen LogP contribution in [0.5, 0.6) is 5.75 Å². The fourth-order valence-corrected chi connectivity index (χ4v) is 4.14. The molecular formula is C24H26N2O2. The Kier molecular flexibility index (Phi) is 5.29. The van der Waals surface area contributed by atoms with Crippen LogP contribution in [0.4, 0.5) is 0 Å². The highest BCUT2D eigenvalue weighted by atomic mass is 16.5. The number of carbonyl (C=O) groups is 1. The van der Waals surface area contributed by atoms with E-state index in [1.165, 1.54) is 6.42 Å². The summed E-state index contributed by atoms with van der Waals surface area (Å²) >= 11 is 0. The zero-order valence-corrected chi connectivity index (χ0v) is 16.5. The summed E-state index contributed by atoms with van der Waals surface area (Å²) in [7, 11) is 0. The predicted molar refractivity (Wildman–Crippen MR) is 111 cm³/mol. The second kappa shape index (κ2) is 8.01. The maximum Gasteiger partial charge on any atom is 0.272 e. The van der Waals surface area contributed by atoms with Crippen LogP contribution in [-0.2, 0) is 6.61 Å². The predicted octanol–water partition coefficient (Wildman–Crippen LogP) is 4.93. The van der Waals surface area contributed by atoms with E-state index >= 15 is 0 Å². The van der Waals surface area contributed by atoms with E-state index in [0.717, 1.165) is 35.3 Å². The number of piperidine rings is 1. The van der Waals surface area contributed by atoms with Crippen LogP contribution >= 0.6 is 0 Å². The van der Waals surface area contributed by atoms with Gasteiger partial charge in [0.1, 0.15) is 18.1 Å². The van der Waals surface area contributed by atoms with E-state index in [1.54, 1.807) is 6.07 Å². The van der Waals surface area contributed by atoms with E-state index in [0.29, 0.717) is 24.1 Å². The summed E-state index contributed by atoms with van der Waals surface area (Å²) in [6.45, 7) is 6.36. The molecule has 0 aliphatic carbocycles. The number of rotatable bonds is 4. The van der Waals surface area contributed by atoms with Gasteiger partial charge in [-0.15, -0.1) is 0 Å². The molecule has 1 fully saturated rings. The van der Waals surface area contributed by atoms with Crippen molar-refractivity contribution < 1.29 is 9.53 Å². The normalized spacial score (nSPS) is 19.6. The van der Waals surface area contributed by atoms with Gasteiger partial charge in [0.25, 0.3) is 5.91 Å². The molecule has 0 N–H and O–H groups in total. The maximum atomic E-state index is 12.9. The van der Waals surface area contributed by atoms with Gasteiger partial charge in [0.15, 0.2) is 0 Å². The van der Waals surface area contributed by atoms with Crippen LogP contribution in [-0.4, -0.2) is 28.9 Å². The van der Waals surface area contributed by atoms with Gasteiger partial charge in [0.2, 0.25) is 0 Å². The highest BCUT2D eigenvalue weighted by Gasteiger charge is 2.26. The van der Waals surface area contributed by atoms with Gasteiger partial charge < -0.3 is 9.64 Å². The van der Waals surface area contributed by atoms with Crippen LogP contribution in [0.1, 0.15) is 36.5 Å². The van der Waals surface area contributed by atoms with Gasteiger partial charge in [0.05, 0.1) is 5.69 Å². The lowest BCUT2D eigenvalue weighted by atomic mass is 9.92. The first kappa shape index (κ1) is 18.5. The van der Waals surface area contributed by atoms with Crippen molar-refractivity contribution in [2.24, 2.45) is 11.8 Å². The summed E-state index contributed by atoms with van der Waals surface area (Å²) in [5.41, 5.74) is 1.26. The average molecular weight is 374 g/mol. The van der Waals surface area contributed by atoms with Crippen molar-refractivity contribution in [1.29, 1.82) is 0 Å². The minimum atomic E-state index is 0.0189. The molecule has 2 unspecified atom stereocenters. The lowest BCUT2D eigenvalue weighted by Gasteiger charge is -2.34. The number of likely N-dealkylation sites (tertiary alicyclic amines) is 1. The van der Waals surface area contributed by atoms with E-state index in [9.17, 15) is 4.79 Å². The second-order valence-electron chi connectivity index (χ2n) is 7.94. The molecule has 1 amide bonds. The van der Waals surface area contributed by atoms with Crippen LogP contribution < -0.4 is 4.74 Å². The number of nitrogens with zero attached hydrogens (tertiary/aromatic N) is 2. The molecule has 0 radical (unpaired) electrons. The van der Waals surface area contributed by atoms with Gasteiger partial charge in [-0.1, -0.05) is 56.3 Å². The van der Waals surface area contributed by atoms with Crippen molar-refractivity contribution in [3.63, 3.8) is 0 Å². The number of hydrogen-bond donors (Lipinski definition) is 0. The van der Waals surface area contributed by atoms with Crippen molar-refractivity contribution >= 4 is 16.7 Å². The molecule has 2 atom stereocenters. The molecule has 0 bridgehead atoms. The minimum Gasteiger partial charge on any atom is -0.487 e. The Balaban J connectivity index is 1.49. The van der Waals surface area contributed by atoms with Crippen molar-refractivity contribution in [3.8, 4) is 5.75 Å². The largest absolute Gasteiger partial charge is 0.487 e. The number of fused-ring (bicyclic) bond motifs is 1. The molecular weight excluding hydrogens is 348 g/mol. The first-order valence-corrected chi connectivity index (χ1v) is 9.96. The van der Waals surface area contributed by atoms with Crippen LogP contribution in [0.25, 0.3) is 10.8 Å². The number of benzene rings is 2. The van der Waals surface area contributed by atoms with E-state index in [4.69, 9.17) is 4.74 Å². The topological polar surface area (TPSA) is 42.4 Å². The molecule has 3 aromatic rings. The number of amides is 1. The molecule has 1 aliphatic heterocycles. The van der Waals surface area contributed by atoms with Gasteiger partial charge in [-0.25, -0.2) is 4.98 Å². The number of ether oxygens (including phenoxy) is 1. The molecule has 2 aromatic carbocycles. The first-order chi connectivity index (χ1) is 13.6. The first-order valence-electron chi connectivity index (χ1n) is 9.96. The van der Waals surface area contributed by atoms with E-state index in [-0.39, 0.29) is 5.91 Å². The zero-order chi connectivity index (χ0) is 19.5. The Morgan fingerprint density at radius 2 is 1.71 bits per heavy atom. The smallest absolute Gasteiger partial charge is 0.272 e. The number of carbonyl (C=O) groups excluding carboxylic acids is 1. The summed E-state index contributed by atoms with van der Waals surface area (Å²) < 4.78 is 6.03. The van der Waals surface area contributed by atoms with E-state index in [2.05, 4.69) is 37.0 Å². The number of aromatic nitrogens is 1. The average Bonchev–Trinajstić information content (AvgIpc) is 2.71. The second-order valence-corrected chi connectivity index (χ2v) is 7.94. The zero-order valence-electron chi connectivity index (χ0n) is 16.5. The van der Waals surface area contributed by atoms with Gasteiger partial charge >= 0.3 is 0 Å². The standard InChI is InChI=1S/C24H26N2O2/c1-17-13-18(2)15-26(14-17)24(27)22-11-6-9-20(25-22)16-28-23-12-5-8-19-7-3-4-10-21(19)23/h3-12,17-18H,13-16H2,1-2H3. The Morgan fingerprint density at radius 1 is 1.00 bits per heavy atom. The molecule has 1 aromatic heterocycles. The third kappa shape index (κ3) is 4.01. The van der Waals surface area contributed by atoms with Gasteiger partial charge in [0, 0.05) is 18.5 Å². The summed E-state index contributed by atoms with van der Waals surface area (Å²) in [5.74, 6) is 1.91. The highest BCUT2D eigenvalue weighted by Crippen LogP contribution is 2.26. The van der Waals surface area contributed by atoms with Crippen LogP contribution in [0.2, 0.25) is 0 Å². The molecule has 0 spiro atoms. The summed E-state index contributed by atoms with van der Waals surface area (Å²) in [6.07, 6.45) is 1.18. The number of hydrogen-bond acceptors (Lipinski definition) is 3. The van der Waals surface area contributed by atoms with Crippen molar-refractivity contribution in [1.82, 2.24) is 9.88 Å². The molecule has 4 rings (SSSR count). The van der Waals surface area contributed by atoms with Crippen molar-refractivity contribution in [3.05, 3.63) is 72.1 Å². The van der Waals surface area contributed by atoms with Gasteiger partial charge in [-0.3, -0.25) is 4.79 Å². The molecule has 1 saturated heterocycles. The molecule has 2 heterocycles. The summed E-state index contributed by atoms with van der Waals surface area (Å²) in [4.78, 5) is 19.4. The third-order valence-corrected chi connectivity index (χ3v) is 5.31. The van der Waals surface area contributed by atoms with Crippen molar-refractivity contribution in [2.45, 2.75) is 26.9 Å². The maximum absolute atomic E-state index is 12.9. The Bertz CT molecular complexity index is 970. The minimum absolute atomic E-state index is 0.0189. The Hall–Kier alpha value is -2.88. The third-order valence-electron chi connectivity index (χ3n) is 5.31. The van der Waals surface area contributed by atoms with E-state index in [1.807, 2.05) is 41.3 Å². The van der Waals surface area contributed by atoms with Crippen LogP contribution in [0.15, 0.2) is 60.7 Å². The number of pyridine rings is 1. The fourth-order valence-electron chi connectivity index (χ4n) is 4.14. The molecule has 0 saturated carbocycles. The molecule has 1 aliphatic rings.